The first-order chi connectivity index (χ1) is 13.7. The van der Waals surface area contributed by atoms with Gasteiger partial charge >= 0.3 is 0 Å². The topological polar surface area (TPSA) is 100 Å². The maximum atomic E-state index is 12.3. The smallest absolute Gasteiger partial charge is 0.258 e. The van der Waals surface area contributed by atoms with E-state index >= 15 is 0 Å². The third kappa shape index (κ3) is 3.88. The molecule has 0 aliphatic carbocycles. The van der Waals surface area contributed by atoms with E-state index in [1.807, 2.05) is 30.3 Å². The molecule has 9 nitrogen and oxygen atoms in total. The Morgan fingerprint density at radius 3 is 3.04 bits per heavy atom. The second kappa shape index (κ2) is 7.95. The molecule has 144 valence electrons. The van der Waals surface area contributed by atoms with Crippen molar-refractivity contribution < 1.29 is 19.0 Å². The molecule has 1 amide bonds. The van der Waals surface area contributed by atoms with Crippen molar-refractivity contribution in [2.75, 3.05) is 20.3 Å². The number of para-hydroxylation sites is 1. The average molecular weight is 381 g/mol. The van der Waals surface area contributed by atoms with Gasteiger partial charge in [-0.25, -0.2) is 4.68 Å². The minimum atomic E-state index is -0.215. The van der Waals surface area contributed by atoms with Crippen LogP contribution in [0.5, 0.6) is 17.2 Å². The Hall–Kier alpha value is -3.62. The number of methoxy groups -OCH3 is 1. The van der Waals surface area contributed by atoms with E-state index in [0.29, 0.717) is 24.5 Å². The van der Waals surface area contributed by atoms with E-state index in [0.717, 1.165) is 17.0 Å². The van der Waals surface area contributed by atoms with Gasteiger partial charge in [-0.05, 0) is 35.0 Å². The molecule has 1 unspecified atom stereocenters. The molecular weight excluding hydrogens is 362 g/mol. The van der Waals surface area contributed by atoms with Crippen molar-refractivity contribution >= 4 is 5.91 Å². The first-order valence-electron chi connectivity index (χ1n) is 8.77. The number of aromatic nitrogens is 4. The lowest BCUT2D eigenvalue weighted by atomic mass is 10.0. The van der Waals surface area contributed by atoms with Crippen molar-refractivity contribution in [2.24, 2.45) is 0 Å². The fraction of sp³-hybridized carbons (Fsp3) is 0.263. The van der Waals surface area contributed by atoms with Crippen LogP contribution < -0.4 is 19.5 Å². The highest BCUT2D eigenvalue weighted by Gasteiger charge is 2.24. The van der Waals surface area contributed by atoms with Gasteiger partial charge in [0.15, 0.2) is 18.1 Å². The molecule has 0 fully saturated rings. The summed E-state index contributed by atoms with van der Waals surface area (Å²) in [6, 6.07) is 12.8. The Morgan fingerprint density at radius 1 is 1.32 bits per heavy atom. The van der Waals surface area contributed by atoms with Gasteiger partial charge in [-0.15, -0.1) is 5.10 Å². The number of tetrazole rings is 1. The van der Waals surface area contributed by atoms with Crippen molar-refractivity contribution in [3.05, 3.63) is 54.4 Å². The average Bonchev–Trinajstić information content (AvgIpc) is 3.27. The van der Waals surface area contributed by atoms with Crippen molar-refractivity contribution in [3.8, 4) is 22.9 Å². The lowest BCUT2D eigenvalue weighted by molar-refractivity contribution is -0.124. The number of carbonyl (C=O) groups is 1. The zero-order chi connectivity index (χ0) is 19.3. The molecule has 0 saturated carbocycles. The van der Waals surface area contributed by atoms with Crippen LogP contribution in [-0.2, 0) is 11.2 Å². The van der Waals surface area contributed by atoms with Gasteiger partial charge < -0.3 is 19.5 Å². The van der Waals surface area contributed by atoms with Gasteiger partial charge in [-0.3, -0.25) is 4.79 Å². The van der Waals surface area contributed by atoms with Crippen molar-refractivity contribution in [3.63, 3.8) is 0 Å². The third-order valence-corrected chi connectivity index (χ3v) is 4.34. The number of amides is 1. The van der Waals surface area contributed by atoms with Gasteiger partial charge in [0, 0.05) is 11.6 Å². The van der Waals surface area contributed by atoms with Crippen LogP contribution in [-0.4, -0.2) is 52.5 Å². The molecule has 4 rings (SSSR count). The number of hydrogen-bond donors (Lipinski definition) is 1. The molecule has 2 heterocycles. The second-order valence-electron chi connectivity index (χ2n) is 6.27. The Bertz CT molecular complexity index is 961. The largest absolute Gasteiger partial charge is 0.493 e. The van der Waals surface area contributed by atoms with Gasteiger partial charge in [-0.1, -0.05) is 18.2 Å². The number of rotatable bonds is 6. The number of fused-ring (bicyclic) bond motifs is 1. The van der Waals surface area contributed by atoms with Crippen LogP contribution in [0, 0.1) is 0 Å². The molecule has 1 aromatic heterocycles. The van der Waals surface area contributed by atoms with Crippen LogP contribution in [0.15, 0.2) is 48.8 Å². The predicted octanol–water partition coefficient (Wildman–Crippen LogP) is 1.17. The predicted molar refractivity (Wildman–Crippen MR) is 98.8 cm³/mol. The molecule has 3 aromatic rings. The molecule has 1 N–H and O–H groups in total. The number of carbonyl (C=O) groups excluding carboxylic acids is 1. The Balaban J connectivity index is 1.32. The molecule has 2 aromatic carbocycles. The summed E-state index contributed by atoms with van der Waals surface area (Å²) >= 11 is 0. The van der Waals surface area contributed by atoms with E-state index < -0.39 is 0 Å². The molecule has 1 atom stereocenters. The Labute approximate surface area is 161 Å². The Morgan fingerprint density at radius 2 is 2.21 bits per heavy atom. The highest BCUT2D eigenvalue weighted by molar-refractivity contribution is 5.78. The summed E-state index contributed by atoms with van der Waals surface area (Å²) in [7, 11) is 1.61. The normalized spacial score (nSPS) is 15.2. The molecule has 0 radical (unpaired) electrons. The summed E-state index contributed by atoms with van der Waals surface area (Å²) in [5.74, 6) is 1.78. The monoisotopic (exact) mass is 381 g/mol. The highest BCUT2D eigenvalue weighted by Crippen LogP contribution is 2.34. The zero-order valence-electron chi connectivity index (χ0n) is 15.2. The number of nitrogens with one attached hydrogen (secondary N) is 1. The van der Waals surface area contributed by atoms with E-state index in [1.54, 1.807) is 19.2 Å². The van der Waals surface area contributed by atoms with Crippen molar-refractivity contribution in [2.45, 2.75) is 12.5 Å². The van der Waals surface area contributed by atoms with Crippen LogP contribution in [0.3, 0.4) is 0 Å². The van der Waals surface area contributed by atoms with E-state index in [4.69, 9.17) is 14.2 Å². The molecule has 1 aliphatic heterocycles. The maximum Gasteiger partial charge on any atom is 0.258 e. The van der Waals surface area contributed by atoms with Crippen molar-refractivity contribution in [1.29, 1.82) is 0 Å². The first-order valence-corrected chi connectivity index (χ1v) is 8.77. The number of nitrogens with zero attached hydrogens (tertiary/aromatic N) is 4. The van der Waals surface area contributed by atoms with E-state index in [1.165, 1.54) is 11.0 Å². The van der Waals surface area contributed by atoms with Gasteiger partial charge in [0.05, 0.1) is 18.8 Å². The van der Waals surface area contributed by atoms with Crippen LogP contribution in [0.25, 0.3) is 5.69 Å². The molecule has 28 heavy (non-hydrogen) atoms. The van der Waals surface area contributed by atoms with Crippen LogP contribution in [0.2, 0.25) is 0 Å². The van der Waals surface area contributed by atoms with Gasteiger partial charge in [0.2, 0.25) is 0 Å². The molecular formula is C19H19N5O4. The van der Waals surface area contributed by atoms with Gasteiger partial charge in [0.1, 0.15) is 18.7 Å². The summed E-state index contributed by atoms with van der Waals surface area (Å²) in [5, 5.41) is 14.0. The molecule has 0 bridgehead atoms. The minimum Gasteiger partial charge on any atom is -0.493 e. The van der Waals surface area contributed by atoms with Gasteiger partial charge in [-0.2, -0.15) is 0 Å². The highest BCUT2D eigenvalue weighted by atomic mass is 16.5. The number of ether oxygens (including phenoxy) is 3. The minimum absolute atomic E-state index is 0.0967. The van der Waals surface area contributed by atoms with E-state index in [2.05, 4.69) is 20.8 Å². The molecule has 0 saturated heterocycles. The third-order valence-electron chi connectivity index (χ3n) is 4.34. The lowest BCUT2D eigenvalue weighted by Crippen LogP contribution is -2.44. The lowest BCUT2D eigenvalue weighted by Gasteiger charge is -2.27. The summed E-state index contributed by atoms with van der Waals surface area (Å²) in [6.45, 7) is 0.286. The van der Waals surface area contributed by atoms with Gasteiger partial charge in [0.25, 0.3) is 5.91 Å². The van der Waals surface area contributed by atoms with E-state index in [-0.39, 0.29) is 18.6 Å². The first kappa shape index (κ1) is 17.8. The molecule has 9 heteroatoms. The molecule has 1 aliphatic rings. The van der Waals surface area contributed by atoms with Crippen LogP contribution in [0.1, 0.15) is 5.56 Å². The number of hydrogen-bond acceptors (Lipinski definition) is 7. The fourth-order valence-electron chi connectivity index (χ4n) is 3.06. The zero-order valence-corrected chi connectivity index (χ0v) is 15.2. The second-order valence-corrected chi connectivity index (χ2v) is 6.27. The van der Waals surface area contributed by atoms with Crippen LogP contribution in [0.4, 0.5) is 0 Å². The maximum absolute atomic E-state index is 12.3. The summed E-state index contributed by atoms with van der Waals surface area (Å²) < 4.78 is 18.2. The Kier molecular flexibility index (Phi) is 5.05. The summed E-state index contributed by atoms with van der Waals surface area (Å²) in [6.07, 6.45) is 2.16. The van der Waals surface area contributed by atoms with E-state index in [9.17, 15) is 4.79 Å². The number of benzene rings is 2. The van der Waals surface area contributed by atoms with Crippen LogP contribution >= 0.6 is 0 Å². The fourth-order valence-corrected chi connectivity index (χ4v) is 3.06. The quantitative estimate of drug-likeness (QED) is 0.684. The SMILES string of the molecule is COc1cccc2c1OCC(NC(=O)COc1cccc(-n3cnnn3)c1)C2. The standard InChI is InChI=1S/C19H19N5O4/c1-26-17-7-2-4-13-8-14(10-28-19(13)17)21-18(25)11-27-16-6-3-5-15(9-16)24-12-20-22-23-24/h2-7,9,12,14H,8,10-11H2,1H3,(H,21,25). The van der Waals surface area contributed by atoms with Crippen molar-refractivity contribution in [1.82, 2.24) is 25.5 Å². The summed E-state index contributed by atoms with van der Waals surface area (Å²) in [5.41, 5.74) is 1.75. The summed E-state index contributed by atoms with van der Waals surface area (Å²) in [4.78, 5) is 12.3. The molecule has 0 spiro atoms.